The topological polar surface area (TPSA) is 62.8 Å². The summed E-state index contributed by atoms with van der Waals surface area (Å²) in [6, 6.07) is 5.73. The van der Waals surface area contributed by atoms with Crippen molar-refractivity contribution in [3.05, 3.63) is 34.9 Å². The predicted octanol–water partition coefficient (Wildman–Crippen LogP) is 0.731. The molecule has 2 atom stereocenters. The molecule has 3 heterocycles. The van der Waals surface area contributed by atoms with Gasteiger partial charge in [-0.25, -0.2) is 9.48 Å². The van der Waals surface area contributed by atoms with Gasteiger partial charge in [-0.1, -0.05) is 12.5 Å². The van der Waals surface area contributed by atoms with Crippen LogP contribution < -0.4 is 5.69 Å². The van der Waals surface area contributed by atoms with E-state index >= 15 is 0 Å². The summed E-state index contributed by atoms with van der Waals surface area (Å²) in [6.45, 7) is 4.14. The lowest BCUT2D eigenvalue weighted by atomic mass is 9.98. The molecular formula is C15H22N4O2. The fourth-order valence-corrected chi connectivity index (χ4v) is 3.18. The quantitative estimate of drug-likeness (QED) is 0.902. The van der Waals surface area contributed by atoms with Crippen molar-refractivity contribution < 1.29 is 5.11 Å². The van der Waals surface area contributed by atoms with E-state index in [1.165, 1.54) is 11.1 Å². The van der Waals surface area contributed by atoms with E-state index in [4.69, 9.17) is 0 Å². The van der Waals surface area contributed by atoms with Gasteiger partial charge in [-0.3, -0.25) is 9.30 Å². The Morgan fingerprint density at radius 1 is 1.38 bits per heavy atom. The molecule has 21 heavy (non-hydrogen) atoms. The zero-order chi connectivity index (χ0) is 14.8. The lowest BCUT2D eigenvalue weighted by Crippen LogP contribution is -2.47. The Balaban J connectivity index is 1.73. The maximum absolute atomic E-state index is 12.2. The third-order valence-corrected chi connectivity index (χ3v) is 4.31. The number of aliphatic hydroxyl groups is 1. The molecule has 1 aliphatic heterocycles. The zero-order valence-electron chi connectivity index (χ0n) is 12.4. The van der Waals surface area contributed by atoms with Crippen LogP contribution in [0.25, 0.3) is 5.65 Å². The first-order valence-electron chi connectivity index (χ1n) is 7.63. The van der Waals surface area contributed by atoms with E-state index in [1.807, 2.05) is 25.1 Å². The van der Waals surface area contributed by atoms with Crippen LogP contribution in [0.3, 0.4) is 0 Å². The highest BCUT2D eigenvalue weighted by molar-refractivity contribution is 5.35. The van der Waals surface area contributed by atoms with Crippen LogP contribution >= 0.6 is 0 Å². The van der Waals surface area contributed by atoms with Crippen LogP contribution in [-0.4, -0.2) is 49.4 Å². The second-order valence-corrected chi connectivity index (χ2v) is 5.77. The fraction of sp³-hybridized carbons (Fsp3) is 0.600. The molecule has 2 unspecified atom stereocenters. The Bertz CT molecular complexity index is 661. The fourth-order valence-electron chi connectivity index (χ4n) is 3.18. The number of hydrogen-bond donors (Lipinski definition) is 1. The molecule has 114 valence electrons. The van der Waals surface area contributed by atoms with E-state index in [1.54, 1.807) is 10.6 Å². The lowest BCUT2D eigenvalue weighted by Gasteiger charge is -2.37. The number of hydrogen-bond acceptors (Lipinski definition) is 4. The average molecular weight is 290 g/mol. The van der Waals surface area contributed by atoms with Gasteiger partial charge in [0.1, 0.15) is 0 Å². The number of aromatic nitrogens is 3. The number of nitrogens with zero attached hydrogens (tertiary/aromatic N) is 4. The summed E-state index contributed by atoms with van der Waals surface area (Å²) in [7, 11) is 0. The van der Waals surface area contributed by atoms with Crippen molar-refractivity contribution in [2.24, 2.45) is 0 Å². The van der Waals surface area contributed by atoms with E-state index in [-0.39, 0.29) is 17.8 Å². The lowest BCUT2D eigenvalue weighted by molar-refractivity contribution is 0.0338. The van der Waals surface area contributed by atoms with Crippen LogP contribution in [-0.2, 0) is 6.54 Å². The van der Waals surface area contributed by atoms with Crippen LogP contribution in [0, 0.1) is 0 Å². The van der Waals surface area contributed by atoms with Crippen molar-refractivity contribution in [1.82, 2.24) is 19.1 Å². The standard InChI is InChI=1S/C15H22N4O2/c1-12(20)13-6-2-4-8-17(13)10-11-19-15(21)18-9-5-3-7-14(18)16-19/h3,5,7,9,12-13,20H,2,4,6,8,10-11H2,1H3. The number of piperidine rings is 1. The van der Waals surface area contributed by atoms with Gasteiger partial charge in [-0.2, -0.15) is 0 Å². The van der Waals surface area contributed by atoms with E-state index in [0.29, 0.717) is 12.2 Å². The summed E-state index contributed by atoms with van der Waals surface area (Å²) < 4.78 is 3.07. The van der Waals surface area contributed by atoms with Gasteiger partial charge in [0.2, 0.25) is 0 Å². The van der Waals surface area contributed by atoms with E-state index in [0.717, 1.165) is 25.9 Å². The largest absolute Gasteiger partial charge is 0.392 e. The van der Waals surface area contributed by atoms with Crippen LogP contribution in [0.2, 0.25) is 0 Å². The Hall–Kier alpha value is -1.66. The van der Waals surface area contributed by atoms with Gasteiger partial charge in [0.05, 0.1) is 12.6 Å². The summed E-state index contributed by atoms with van der Waals surface area (Å²) in [4.78, 5) is 14.5. The summed E-state index contributed by atoms with van der Waals surface area (Å²) in [5.74, 6) is 0. The smallest absolute Gasteiger partial charge is 0.350 e. The van der Waals surface area contributed by atoms with Gasteiger partial charge in [0.15, 0.2) is 5.65 Å². The van der Waals surface area contributed by atoms with Crippen molar-refractivity contribution >= 4 is 5.65 Å². The molecule has 6 nitrogen and oxygen atoms in total. The van der Waals surface area contributed by atoms with Crippen LogP contribution in [0.15, 0.2) is 29.2 Å². The maximum Gasteiger partial charge on any atom is 0.350 e. The number of aliphatic hydroxyl groups excluding tert-OH is 1. The summed E-state index contributed by atoms with van der Waals surface area (Å²) in [6.07, 6.45) is 4.75. The predicted molar refractivity (Wildman–Crippen MR) is 80.3 cm³/mol. The van der Waals surface area contributed by atoms with Crippen molar-refractivity contribution in [2.75, 3.05) is 13.1 Å². The second-order valence-electron chi connectivity index (χ2n) is 5.77. The molecule has 2 aromatic heterocycles. The highest BCUT2D eigenvalue weighted by Crippen LogP contribution is 2.19. The van der Waals surface area contributed by atoms with Crippen LogP contribution in [0.4, 0.5) is 0 Å². The van der Waals surface area contributed by atoms with Gasteiger partial charge in [-0.05, 0) is 38.4 Å². The molecule has 0 radical (unpaired) electrons. The molecule has 1 aliphatic rings. The molecule has 1 saturated heterocycles. The van der Waals surface area contributed by atoms with Gasteiger partial charge in [0, 0.05) is 18.8 Å². The molecule has 0 bridgehead atoms. The Morgan fingerprint density at radius 3 is 3.00 bits per heavy atom. The highest BCUT2D eigenvalue weighted by atomic mass is 16.3. The molecular weight excluding hydrogens is 268 g/mol. The zero-order valence-corrected chi connectivity index (χ0v) is 12.4. The normalized spacial score (nSPS) is 21.7. The van der Waals surface area contributed by atoms with Gasteiger partial charge in [0.25, 0.3) is 0 Å². The van der Waals surface area contributed by atoms with Gasteiger partial charge in [-0.15, -0.1) is 5.10 Å². The summed E-state index contributed by atoms with van der Waals surface area (Å²) in [5, 5.41) is 14.2. The van der Waals surface area contributed by atoms with E-state index in [9.17, 15) is 9.90 Å². The Labute approximate surface area is 123 Å². The minimum atomic E-state index is -0.330. The van der Waals surface area contributed by atoms with Crippen LogP contribution in [0.5, 0.6) is 0 Å². The summed E-state index contributed by atoms with van der Waals surface area (Å²) in [5.41, 5.74) is 0.574. The number of likely N-dealkylation sites (tertiary alicyclic amines) is 1. The third kappa shape index (κ3) is 2.87. The first kappa shape index (κ1) is 14.3. The van der Waals surface area contributed by atoms with E-state index in [2.05, 4.69) is 10.00 Å². The van der Waals surface area contributed by atoms with Crippen LogP contribution in [0.1, 0.15) is 26.2 Å². The molecule has 0 amide bonds. The molecule has 0 aliphatic carbocycles. The van der Waals surface area contributed by atoms with Crippen molar-refractivity contribution in [3.63, 3.8) is 0 Å². The van der Waals surface area contributed by atoms with Gasteiger partial charge >= 0.3 is 5.69 Å². The van der Waals surface area contributed by atoms with Crippen molar-refractivity contribution in [1.29, 1.82) is 0 Å². The molecule has 6 heteroatoms. The molecule has 2 aromatic rings. The molecule has 1 N–H and O–H groups in total. The maximum atomic E-state index is 12.2. The molecule has 1 fully saturated rings. The number of rotatable bonds is 4. The molecule has 3 rings (SSSR count). The minimum Gasteiger partial charge on any atom is -0.392 e. The minimum absolute atomic E-state index is 0.101. The number of pyridine rings is 1. The SMILES string of the molecule is CC(O)C1CCCCN1CCn1nc2ccccn2c1=O. The van der Waals surface area contributed by atoms with Gasteiger partial charge < -0.3 is 5.11 Å². The number of fused-ring (bicyclic) bond motifs is 1. The monoisotopic (exact) mass is 290 g/mol. The Morgan fingerprint density at radius 2 is 2.24 bits per heavy atom. The van der Waals surface area contributed by atoms with Crippen molar-refractivity contribution in [3.8, 4) is 0 Å². The van der Waals surface area contributed by atoms with Crippen molar-refractivity contribution in [2.45, 2.75) is 44.9 Å². The second kappa shape index (κ2) is 5.99. The molecule has 0 spiro atoms. The Kier molecular flexibility index (Phi) is 4.07. The first-order valence-corrected chi connectivity index (χ1v) is 7.63. The molecule has 0 saturated carbocycles. The first-order chi connectivity index (χ1) is 10.2. The molecule has 0 aromatic carbocycles. The third-order valence-electron chi connectivity index (χ3n) is 4.31. The average Bonchev–Trinajstić information content (AvgIpc) is 2.82. The summed E-state index contributed by atoms with van der Waals surface area (Å²) >= 11 is 0. The highest BCUT2D eigenvalue weighted by Gasteiger charge is 2.26. The van der Waals surface area contributed by atoms with E-state index < -0.39 is 0 Å².